The van der Waals surface area contributed by atoms with E-state index in [2.05, 4.69) is 74.7 Å². The fourth-order valence-corrected chi connectivity index (χ4v) is 11.2. The van der Waals surface area contributed by atoms with E-state index in [4.69, 9.17) is 13.8 Å². The maximum atomic E-state index is 13.6. The molecule has 0 spiro atoms. The number of carbonyl (C=O) groups is 2. The van der Waals surface area contributed by atoms with Crippen molar-refractivity contribution >= 4 is 19.7 Å². The number of nitrogens with one attached hydrogen (secondary N) is 1. The molecule has 0 fully saturated rings. The van der Waals surface area contributed by atoms with Crippen molar-refractivity contribution in [1.82, 2.24) is 5.32 Å². The summed E-state index contributed by atoms with van der Waals surface area (Å²) in [6.45, 7) is 7.00. The van der Waals surface area contributed by atoms with Crippen molar-refractivity contribution < 1.29 is 37.3 Å². The molecular formula is C73H138N2O7P+. The number of phosphoric ester groups is 1. The maximum Gasteiger partial charge on any atom is 0.472 e. The smallest absolute Gasteiger partial charge is 0.456 e. The van der Waals surface area contributed by atoms with Crippen LogP contribution in [0.4, 0.5) is 0 Å². The van der Waals surface area contributed by atoms with E-state index in [0.29, 0.717) is 17.4 Å². The highest BCUT2D eigenvalue weighted by atomic mass is 31.2. The van der Waals surface area contributed by atoms with Gasteiger partial charge >= 0.3 is 13.8 Å². The van der Waals surface area contributed by atoms with Gasteiger partial charge in [-0.2, -0.15) is 0 Å². The number of allylic oxidation sites excluding steroid dienone is 9. The van der Waals surface area contributed by atoms with Crippen LogP contribution in [0.3, 0.4) is 0 Å². The summed E-state index contributed by atoms with van der Waals surface area (Å²) in [6, 6.07) is -0.852. The van der Waals surface area contributed by atoms with E-state index >= 15 is 0 Å². The van der Waals surface area contributed by atoms with Gasteiger partial charge in [0.1, 0.15) is 19.3 Å². The molecule has 0 aromatic rings. The van der Waals surface area contributed by atoms with Crippen molar-refractivity contribution in [2.24, 2.45) is 0 Å². The van der Waals surface area contributed by atoms with Gasteiger partial charge in [-0.25, -0.2) is 4.57 Å². The summed E-state index contributed by atoms with van der Waals surface area (Å²) in [5, 5.41) is 3.07. The molecule has 0 bridgehead atoms. The first kappa shape index (κ1) is 80.7. The Morgan fingerprint density at radius 3 is 1.11 bits per heavy atom. The first-order chi connectivity index (χ1) is 40.4. The highest BCUT2D eigenvalue weighted by Crippen LogP contribution is 2.43. The fraction of sp³-hybridized carbons (Fsp3) is 0.836. The molecule has 0 aliphatic carbocycles. The van der Waals surface area contributed by atoms with Crippen LogP contribution in [-0.2, 0) is 27.9 Å². The van der Waals surface area contributed by atoms with Gasteiger partial charge < -0.3 is 19.4 Å². The zero-order valence-electron chi connectivity index (χ0n) is 55.7. The highest BCUT2D eigenvalue weighted by molar-refractivity contribution is 7.47. The number of unbranched alkanes of at least 4 members (excludes halogenated alkanes) is 41. The number of carbonyl (C=O) groups excluding carboxylic acids is 2. The van der Waals surface area contributed by atoms with Crippen molar-refractivity contribution in [2.45, 2.75) is 354 Å². The third kappa shape index (κ3) is 64.0. The summed E-state index contributed by atoms with van der Waals surface area (Å²) in [6.07, 6.45) is 80.9. The number of esters is 1. The fourth-order valence-electron chi connectivity index (χ4n) is 10.4. The van der Waals surface area contributed by atoms with E-state index in [1.54, 1.807) is 0 Å². The van der Waals surface area contributed by atoms with Gasteiger partial charge in [0.2, 0.25) is 5.91 Å². The number of hydrogen-bond acceptors (Lipinski definition) is 6. The average molecular weight is 1190 g/mol. The second-order valence-electron chi connectivity index (χ2n) is 25.4. The molecule has 1 amide bonds. The average Bonchev–Trinajstić information content (AvgIpc) is 3.47. The SMILES string of the molecule is CCCCC/C=C\C/C=C\CCCCCCCCCCCCCCCCCCCC(=O)NC(COP(=O)(O)OCC[N+](C)(C)C)C(/C=C\CCCCCCCCCCCCC)OC(=O)CCCCCCCCC/C=C\C/C=C\CCCCC. The van der Waals surface area contributed by atoms with Crippen LogP contribution in [0.15, 0.2) is 60.8 Å². The third-order valence-corrected chi connectivity index (χ3v) is 16.9. The number of rotatable bonds is 65. The van der Waals surface area contributed by atoms with E-state index in [1.807, 2.05) is 33.3 Å². The van der Waals surface area contributed by atoms with Crippen LogP contribution in [0, 0.1) is 0 Å². The number of likely N-dealkylation sites (N-methyl/N-ethyl adjacent to an activating group) is 1. The van der Waals surface area contributed by atoms with Gasteiger partial charge in [0, 0.05) is 12.8 Å². The second kappa shape index (κ2) is 62.8. The summed E-state index contributed by atoms with van der Waals surface area (Å²) >= 11 is 0. The number of amides is 1. The standard InChI is InChI=1S/C73H137N2O7P/c1-7-10-13-16-19-22-25-28-30-32-33-34-35-36-37-38-39-40-41-43-44-47-50-53-56-59-62-65-72(76)74-70(69-81-83(78,79)80-68-67-75(4,5)6)71(64-61-58-55-52-49-46-27-24-21-18-15-12-9-3)82-73(77)66-63-60-57-54-51-48-45-42-31-29-26-23-20-17-14-11-8-2/h19-20,22-23,28-31,61,64,70-71H,7-18,21,24-27,32-60,62-63,65-69H2,1-6H3,(H-,74,76,78,79)/p+1/b22-19-,23-20-,30-28-,31-29-,64-61-. The lowest BCUT2D eigenvalue weighted by Crippen LogP contribution is -2.47. The van der Waals surface area contributed by atoms with Crippen LogP contribution in [0.25, 0.3) is 0 Å². The molecule has 486 valence electrons. The molecule has 83 heavy (non-hydrogen) atoms. The van der Waals surface area contributed by atoms with Gasteiger partial charge in [-0.1, -0.05) is 294 Å². The quantitative estimate of drug-likeness (QED) is 0.0205. The zero-order chi connectivity index (χ0) is 60.7. The van der Waals surface area contributed by atoms with Crippen molar-refractivity contribution in [3.8, 4) is 0 Å². The van der Waals surface area contributed by atoms with Gasteiger partial charge in [0.25, 0.3) is 0 Å². The summed E-state index contributed by atoms with van der Waals surface area (Å²) in [5.74, 6) is -0.501. The molecule has 2 N–H and O–H groups in total. The van der Waals surface area contributed by atoms with Crippen LogP contribution in [-0.4, -0.2) is 74.3 Å². The molecule has 0 aliphatic heterocycles. The molecule has 3 atom stereocenters. The number of ether oxygens (including phenoxy) is 1. The first-order valence-corrected chi connectivity index (χ1v) is 37.1. The molecular weight excluding hydrogens is 1050 g/mol. The molecule has 9 nitrogen and oxygen atoms in total. The maximum absolute atomic E-state index is 13.6. The Bertz CT molecular complexity index is 1600. The molecule has 0 radical (unpaired) electrons. The minimum atomic E-state index is -4.46. The molecule has 0 saturated carbocycles. The lowest BCUT2D eigenvalue weighted by molar-refractivity contribution is -0.870. The Morgan fingerprint density at radius 1 is 0.422 bits per heavy atom. The Kier molecular flexibility index (Phi) is 61.0. The number of quaternary nitrogens is 1. The summed E-state index contributed by atoms with van der Waals surface area (Å²) in [7, 11) is 1.50. The van der Waals surface area contributed by atoms with Crippen LogP contribution < -0.4 is 5.32 Å². The van der Waals surface area contributed by atoms with E-state index in [1.165, 1.54) is 225 Å². The molecule has 0 aromatic heterocycles. The number of hydrogen-bond donors (Lipinski definition) is 2. The largest absolute Gasteiger partial charge is 0.472 e. The van der Waals surface area contributed by atoms with E-state index in [0.717, 1.165) is 83.5 Å². The minimum Gasteiger partial charge on any atom is -0.456 e. The molecule has 10 heteroatoms. The minimum absolute atomic E-state index is 0.0393. The highest BCUT2D eigenvalue weighted by Gasteiger charge is 2.30. The molecule has 0 rings (SSSR count). The lowest BCUT2D eigenvalue weighted by atomic mass is 10.0. The van der Waals surface area contributed by atoms with Crippen LogP contribution in [0.2, 0.25) is 0 Å². The Balaban J connectivity index is 5.03. The predicted molar refractivity (Wildman–Crippen MR) is 360 cm³/mol. The summed E-state index contributed by atoms with van der Waals surface area (Å²) in [5.41, 5.74) is 0. The van der Waals surface area contributed by atoms with Gasteiger partial charge in [-0.05, 0) is 96.0 Å². The normalized spacial score (nSPS) is 13.9. The lowest BCUT2D eigenvalue weighted by Gasteiger charge is -2.27. The second-order valence-corrected chi connectivity index (χ2v) is 26.9. The van der Waals surface area contributed by atoms with Gasteiger partial charge in [0.15, 0.2) is 0 Å². The molecule has 0 aliphatic rings. The number of phosphoric acid groups is 1. The van der Waals surface area contributed by atoms with Crippen LogP contribution in [0.1, 0.15) is 342 Å². The molecule has 0 aromatic carbocycles. The van der Waals surface area contributed by atoms with Crippen LogP contribution >= 0.6 is 7.82 Å². The van der Waals surface area contributed by atoms with Crippen molar-refractivity contribution in [2.75, 3.05) is 40.9 Å². The van der Waals surface area contributed by atoms with Crippen molar-refractivity contribution in [1.29, 1.82) is 0 Å². The molecule has 0 heterocycles. The van der Waals surface area contributed by atoms with E-state index in [-0.39, 0.29) is 31.5 Å². The van der Waals surface area contributed by atoms with Gasteiger partial charge in [-0.15, -0.1) is 0 Å². The van der Waals surface area contributed by atoms with E-state index in [9.17, 15) is 19.0 Å². The summed E-state index contributed by atoms with van der Waals surface area (Å²) in [4.78, 5) is 37.9. The first-order valence-electron chi connectivity index (χ1n) is 35.6. The van der Waals surface area contributed by atoms with Gasteiger partial charge in [0.05, 0.1) is 33.8 Å². The topological polar surface area (TPSA) is 111 Å². The predicted octanol–water partition coefficient (Wildman–Crippen LogP) is 22.6. The third-order valence-electron chi connectivity index (χ3n) is 15.9. The Hall–Kier alpha value is -2.29. The van der Waals surface area contributed by atoms with Crippen LogP contribution in [0.5, 0.6) is 0 Å². The van der Waals surface area contributed by atoms with Crippen molar-refractivity contribution in [3.63, 3.8) is 0 Å². The number of nitrogens with zero attached hydrogens (tertiary/aromatic N) is 1. The molecule has 3 unspecified atom stereocenters. The Morgan fingerprint density at radius 2 is 0.735 bits per heavy atom. The van der Waals surface area contributed by atoms with Crippen molar-refractivity contribution in [3.05, 3.63) is 60.8 Å². The molecule has 0 saturated heterocycles. The summed E-state index contributed by atoms with van der Waals surface area (Å²) < 4.78 is 30.8. The monoisotopic (exact) mass is 1190 g/mol. The zero-order valence-corrected chi connectivity index (χ0v) is 56.6. The Labute approximate surface area is 515 Å². The van der Waals surface area contributed by atoms with Gasteiger partial charge in [-0.3, -0.25) is 18.6 Å². The van der Waals surface area contributed by atoms with E-state index < -0.39 is 20.0 Å².